The van der Waals surface area contributed by atoms with Crippen LogP contribution in [-0.2, 0) is 23.9 Å². The molecule has 0 aromatic carbocycles. The Morgan fingerprint density at radius 2 is 2.05 bits per heavy atom. The van der Waals surface area contributed by atoms with E-state index in [1.54, 1.807) is 17.5 Å². The number of carbonyl (C=O) groups excluding carboxylic acids is 3. The minimum absolute atomic E-state index is 0.148. The van der Waals surface area contributed by atoms with Crippen molar-refractivity contribution in [2.24, 2.45) is 10.9 Å². The van der Waals surface area contributed by atoms with Crippen molar-refractivity contribution in [1.29, 1.82) is 0 Å². The number of rotatable bonds is 5. The van der Waals surface area contributed by atoms with Crippen LogP contribution < -0.4 is 11.1 Å². The zero-order valence-corrected chi connectivity index (χ0v) is 11.8. The lowest BCUT2D eigenvalue weighted by molar-refractivity contribution is -0.149. The van der Waals surface area contributed by atoms with E-state index in [1.165, 1.54) is 18.4 Å². The van der Waals surface area contributed by atoms with Crippen molar-refractivity contribution >= 4 is 40.4 Å². The van der Waals surface area contributed by atoms with Crippen molar-refractivity contribution < 1.29 is 28.7 Å². The summed E-state index contributed by atoms with van der Waals surface area (Å²) in [5.41, 5.74) is 5.24. The van der Waals surface area contributed by atoms with Crippen molar-refractivity contribution in [3.63, 3.8) is 0 Å². The van der Waals surface area contributed by atoms with E-state index < -0.39 is 24.1 Å². The first kappa shape index (κ1) is 16.4. The fraction of sp³-hybridized carbons (Fsp3) is 0.273. The normalized spacial score (nSPS) is 10.6. The fourth-order valence-corrected chi connectivity index (χ4v) is 1.64. The average molecular weight is 315 g/mol. The Balaban J connectivity index is 2.30. The number of nitrogens with two attached hydrogens (primary N) is 1. The molecule has 0 radical (unpaired) electrons. The minimum atomic E-state index is -0.871. The van der Waals surface area contributed by atoms with Crippen LogP contribution >= 0.6 is 11.3 Å². The number of hydrogen-bond donors (Lipinski definition) is 2. The van der Waals surface area contributed by atoms with Gasteiger partial charge >= 0.3 is 24.1 Å². The Morgan fingerprint density at radius 1 is 1.33 bits per heavy atom. The summed E-state index contributed by atoms with van der Waals surface area (Å²) in [6.45, 7) is 0. The smallest absolute Gasteiger partial charge is 0.420 e. The summed E-state index contributed by atoms with van der Waals surface area (Å²) in [7, 11) is 1.20. The van der Waals surface area contributed by atoms with Crippen LogP contribution in [-0.4, -0.2) is 31.2 Å². The standard InChI is InChI=1S/C11H13N3O6S/c1-18-8(15)4-5-9(16)20-14-10(12)19-11(17)13-7-3-2-6-21-7/h2-3,6H,4-5H2,1H3,(H2,12,14)(H,13,17). The molecule has 1 heterocycles. The highest BCUT2D eigenvalue weighted by Gasteiger charge is 2.10. The van der Waals surface area contributed by atoms with Crippen LogP contribution in [0.2, 0.25) is 0 Å². The molecule has 1 aromatic rings. The summed E-state index contributed by atoms with van der Waals surface area (Å²) in [6, 6.07) is 2.75. The number of methoxy groups -OCH3 is 1. The van der Waals surface area contributed by atoms with E-state index in [1.807, 2.05) is 0 Å². The molecule has 0 aliphatic heterocycles. The second-order valence-corrected chi connectivity index (χ2v) is 4.41. The first-order valence-corrected chi connectivity index (χ1v) is 6.51. The molecule has 0 aliphatic rings. The molecule has 114 valence electrons. The van der Waals surface area contributed by atoms with Gasteiger partial charge in [0.05, 0.1) is 25.0 Å². The van der Waals surface area contributed by atoms with Crippen LogP contribution in [0.1, 0.15) is 12.8 Å². The molecule has 0 aliphatic carbocycles. The van der Waals surface area contributed by atoms with E-state index >= 15 is 0 Å². The maximum absolute atomic E-state index is 11.3. The van der Waals surface area contributed by atoms with E-state index in [0.717, 1.165) is 0 Å². The largest absolute Gasteiger partial charge is 0.469 e. The lowest BCUT2D eigenvalue weighted by Gasteiger charge is -2.03. The molecule has 9 nitrogen and oxygen atoms in total. The molecule has 10 heteroatoms. The predicted octanol–water partition coefficient (Wildman–Crippen LogP) is 1.02. The Hall–Kier alpha value is -2.62. The van der Waals surface area contributed by atoms with Crippen LogP contribution in [0.25, 0.3) is 0 Å². The van der Waals surface area contributed by atoms with Gasteiger partial charge in [-0.3, -0.25) is 10.1 Å². The Morgan fingerprint density at radius 3 is 2.67 bits per heavy atom. The van der Waals surface area contributed by atoms with Gasteiger partial charge in [0.15, 0.2) is 0 Å². The van der Waals surface area contributed by atoms with Gasteiger partial charge in [-0.15, -0.1) is 11.3 Å². The summed E-state index contributed by atoms with van der Waals surface area (Å²) in [5.74, 6) is -1.37. The third kappa shape index (κ3) is 6.92. The van der Waals surface area contributed by atoms with Crippen molar-refractivity contribution in [3.8, 4) is 0 Å². The SMILES string of the molecule is COC(=O)CCC(=O)ON=C(N)OC(=O)Nc1cccs1. The van der Waals surface area contributed by atoms with Crippen LogP contribution in [0.5, 0.6) is 0 Å². The van der Waals surface area contributed by atoms with Crippen molar-refractivity contribution in [2.75, 3.05) is 12.4 Å². The lowest BCUT2D eigenvalue weighted by atomic mass is 10.3. The topological polar surface area (TPSA) is 129 Å². The highest BCUT2D eigenvalue weighted by Crippen LogP contribution is 2.14. The molecule has 3 N–H and O–H groups in total. The highest BCUT2D eigenvalue weighted by molar-refractivity contribution is 7.14. The fourth-order valence-electron chi connectivity index (χ4n) is 1.04. The number of thiophene rings is 1. The van der Waals surface area contributed by atoms with Gasteiger partial charge in [0.1, 0.15) is 0 Å². The molecular formula is C11H13N3O6S. The van der Waals surface area contributed by atoms with Crippen LogP contribution in [0.3, 0.4) is 0 Å². The molecule has 1 amide bonds. The third-order valence-electron chi connectivity index (χ3n) is 1.94. The molecule has 1 rings (SSSR count). The van der Waals surface area contributed by atoms with Crippen LogP contribution in [0.4, 0.5) is 9.80 Å². The quantitative estimate of drug-likeness (QED) is 0.273. The number of ether oxygens (including phenoxy) is 2. The average Bonchev–Trinajstić information content (AvgIpc) is 2.95. The zero-order valence-electron chi connectivity index (χ0n) is 11.0. The highest BCUT2D eigenvalue weighted by atomic mass is 32.1. The maximum atomic E-state index is 11.3. The Bertz CT molecular complexity index is 528. The minimum Gasteiger partial charge on any atom is -0.469 e. The molecule has 0 saturated heterocycles. The Labute approximate surface area is 123 Å². The van der Waals surface area contributed by atoms with Crippen LogP contribution in [0.15, 0.2) is 22.7 Å². The van der Waals surface area contributed by atoms with Gasteiger partial charge in [-0.2, -0.15) is 0 Å². The predicted molar refractivity (Wildman–Crippen MR) is 73.4 cm³/mol. The monoisotopic (exact) mass is 315 g/mol. The zero-order chi connectivity index (χ0) is 15.7. The van der Waals surface area contributed by atoms with E-state index in [2.05, 4.69) is 24.8 Å². The van der Waals surface area contributed by atoms with Gasteiger partial charge in [0, 0.05) is 0 Å². The van der Waals surface area contributed by atoms with E-state index in [9.17, 15) is 14.4 Å². The second-order valence-electron chi connectivity index (χ2n) is 3.46. The molecule has 0 unspecified atom stereocenters. The van der Waals surface area contributed by atoms with E-state index in [4.69, 9.17) is 5.73 Å². The molecular weight excluding hydrogens is 302 g/mol. The molecule has 0 atom stereocenters. The number of esters is 1. The Kier molecular flexibility index (Phi) is 6.68. The van der Waals surface area contributed by atoms with Crippen molar-refractivity contribution in [2.45, 2.75) is 12.8 Å². The number of nitrogens with one attached hydrogen (secondary N) is 1. The van der Waals surface area contributed by atoms with Crippen LogP contribution in [0, 0.1) is 0 Å². The van der Waals surface area contributed by atoms with Gasteiger partial charge in [-0.25, -0.2) is 9.59 Å². The number of hydrogen-bond acceptors (Lipinski definition) is 8. The number of anilines is 1. The number of amides is 1. The van der Waals surface area contributed by atoms with Gasteiger partial charge in [0.25, 0.3) is 0 Å². The molecule has 21 heavy (non-hydrogen) atoms. The van der Waals surface area contributed by atoms with E-state index in [-0.39, 0.29) is 12.8 Å². The number of oxime groups is 1. The summed E-state index contributed by atoms with van der Waals surface area (Å²) < 4.78 is 8.88. The number of amidine groups is 1. The molecule has 1 aromatic heterocycles. The van der Waals surface area contributed by atoms with Gasteiger partial charge in [-0.1, -0.05) is 0 Å². The summed E-state index contributed by atoms with van der Waals surface area (Å²) in [6.07, 6.45) is -1.25. The third-order valence-corrected chi connectivity index (χ3v) is 2.73. The van der Waals surface area contributed by atoms with Gasteiger partial charge < -0.3 is 20.0 Å². The van der Waals surface area contributed by atoms with Gasteiger partial charge in [-0.05, 0) is 22.7 Å². The second kappa shape index (κ2) is 8.53. The number of carbonyl (C=O) groups is 3. The summed E-state index contributed by atoms with van der Waals surface area (Å²) in [4.78, 5) is 37.6. The first-order chi connectivity index (χ1) is 10.0. The number of nitrogens with zero attached hydrogens (tertiary/aromatic N) is 1. The summed E-state index contributed by atoms with van der Waals surface area (Å²) >= 11 is 1.29. The van der Waals surface area contributed by atoms with Crippen molar-refractivity contribution in [3.05, 3.63) is 17.5 Å². The van der Waals surface area contributed by atoms with E-state index in [0.29, 0.717) is 5.00 Å². The maximum Gasteiger partial charge on any atom is 0.420 e. The molecule has 0 spiro atoms. The lowest BCUT2D eigenvalue weighted by Crippen LogP contribution is -2.25. The molecule has 0 saturated carbocycles. The summed E-state index contributed by atoms with van der Waals surface area (Å²) in [5, 5.41) is 7.81. The molecule has 0 fully saturated rings. The molecule has 0 bridgehead atoms. The first-order valence-electron chi connectivity index (χ1n) is 5.63. The van der Waals surface area contributed by atoms with Crippen molar-refractivity contribution in [1.82, 2.24) is 0 Å². The van der Waals surface area contributed by atoms with Gasteiger partial charge in [0.2, 0.25) is 0 Å².